The normalized spacial score (nSPS) is 18.2. The van der Waals surface area contributed by atoms with Gasteiger partial charge in [0.1, 0.15) is 0 Å². The van der Waals surface area contributed by atoms with E-state index in [1.54, 1.807) is 0 Å². The summed E-state index contributed by atoms with van der Waals surface area (Å²) in [5.74, 6) is 1.80. The van der Waals surface area contributed by atoms with E-state index in [-0.39, 0.29) is 0 Å². The van der Waals surface area contributed by atoms with Gasteiger partial charge in [-0.25, -0.2) is 0 Å². The highest BCUT2D eigenvalue weighted by Gasteiger charge is 2.16. The van der Waals surface area contributed by atoms with Gasteiger partial charge in [0.05, 0.1) is 0 Å². The van der Waals surface area contributed by atoms with Crippen LogP contribution in [0.3, 0.4) is 0 Å². The molecule has 0 aromatic carbocycles. The second-order valence-electron chi connectivity index (χ2n) is 4.29. The van der Waals surface area contributed by atoms with Gasteiger partial charge >= 0.3 is 0 Å². The van der Waals surface area contributed by atoms with E-state index in [2.05, 4.69) is 39.0 Å². The van der Waals surface area contributed by atoms with E-state index in [4.69, 9.17) is 5.73 Å². The standard InChI is InChI=1S/C11H26N2S/c1-6-11(8-14-5)13(4)7-9(2)10(3)12/h9-11H,6-8,12H2,1-5H3. The fraction of sp³-hybridized carbons (Fsp3) is 1.00. The first-order chi connectivity index (χ1) is 6.52. The molecule has 2 N–H and O–H groups in total. The summed E-state index contributed by atoms with van der Waals surface area (Å²) in [5, 5.41) is 0. The van der Waals surface area contributed by atoms with Gasteiger partial charge in [-0.15, -0.1) is 0 Å². The summed E-state index contributed by atoms with van der Waals surface area (Å²) in [6.07, 6.45) is 3.40. The topological polar surface area (TPSA) is 29.3 Å². The van der Waals surface area contributed by atoms with Crippen LogP contribution in [0, 0.1) is 5.92 Å². The van der Waals surface area contributed by atoms with Crippen molar-refractivity contribution in [1.82, 2.24) is 4.90 Å². The van der Waals surface area contributed by atoms with E-state index in [9.17, 15) is 0 Å². The Balaban J connectivity index is 3.96. The molecule has 86 valence electrons. The molecule has 0 saturated carbocycles. The van der Waals surface area contributed by atoms with Crippen molar-refractivity contribution in [3.63, 3.8) is 0 Å². The Morgan fingerprint density at radius 3 is 2.29 bits per heavy atom. The molecule has 0 amide bonds. The zero-order valence-corrected chi connectivity index (χ0v) is 11.1. The number of thioether (sulfide) groups is 1. The summed E-state index contributed by atoms with van der Waals surface area (Å²) in [6, 6.07) is 0.996. The van der Waals surface area contributed by atoms with Crippen LogP contribution in [0.1, 0.15) is 27.2 Å². The molecule has 0 aliphatic heterocycles. The lowest BCUT2D eigenvalue weighted by Crippen LogP contribution is -2.40. The highest BCUT2D eigenvalue weighted by atomic mass is 32.2. The Morgan fingerprint density at radius 1 is 1.36 bits per heavy atom. The molecule has 0 aliphatic carbocycles. The number of nitrogens with zero attached hydrogens (tertiary/aromatic N) is 1. The molecule has 0 bridgehead atoms. The fourth-order valence-corrected chi connectivity index (χ4v) is 2.39. The third kappa shape index (κ3) is 5.23. The molecule has 3 unspecified atom stereocenters. The van der Waals surface area contributed by atoms with E-state index >= 15 is 0 Å². The quantitative estimate of drug-likeness (QED) is 0.709. The lowest BCUT2D eigenvalue weighted by molar-refractivity contribution is 0.212. The summed E-state index contributed by atoms with van der Waals surface area (Å²) < 4.78 is 0. The van der Waals surface area contributed by atoms with Crippen molar-refractivity contribution < 1.29 is 0 Å². The zero-order valence-electron chi connectivity index (χ0n) is 10.3. The molecular weight excluding hydrogens is 192 g/mol. The van der Waals surface area contributed by atoms with Crippen molar-refractivity contribution >= 4 is 11.8 Å². The van der Waals surface area contributed by atoms with Gasteiger partial charge in [0, 0.05) is 24.4 Å². The highest BCUT2D eigenvalue weighted by molar-refractivity contribution is 7.98. The van der Waals surface area contributed by atoms with E-state index in [1.807, 2.05) is 11.8 Å². The van der Waals surface area contributed by atoms with E-state index in [0.29, 0.717) is 18.0 Å². The Hall–Kier alpha value is 0.270. The summed E-state index contributed by atoms with van der Waals surface area (Å²) in [5.41, 5.74) is 5.87. The van der Waals surface area contributed by atoms with Crippen molar-refractivity contribution in [3.8, 4) is 0 Å². The molecule has 0 aromatic rings. The number of nitrogens with two attached hydrogens (primary N) is 1. The lowest BCUT2D eigenvalue weighted by atomic mass is 10.0. The number of rotatable bonds is 7. The highest BCUT2D eigenvalue weighted by Crippen LogP contribution is 2.11. The molecule has 0 aromatic heterocycles. The first kappa shape index (κ1) is 14.3. The maximum absolute atomic E-state index is 5.87. The van der Waals surface area contributed by atoms with Gasteiger partial charge in [0.2, 0.25) is 0 Å². The number of hydrogen-bond donors (Lipinski definition) is 1. The Morgan fingerprint density at radius 2 is 1.93 bits per heavy atom. The summed E-state index contributed by atoms with van der Waals surface area (Å²) in [4.78, 5) is 2.45. The van der Waals surface area contributed by atoms with E-state index < -0.39 is 0 Å². The molecule has 0 heterocycles. The van der Waals surface area contributed by atoms with Crippen molar-refractivity contribution in [2.24, 2.45) is 11.7 Å². The molecule has 0 spiro atoms. The van der Waals surface area contributed by atoms with Crippen LogP contribution in [0.4, 0.5) is 0 Å². The van der Waals surface area contributed by atoms with E-state index in [0.717, 1.165) is 6.54 Å². The minimum absolute atomic E-state index is 0.296. The molecule has 0 aliphatic rings. The third-order valence-electron chi connectivity index (χ3n) is 2.93. The lowest BCUT2D eigenvalue weighted by Gasteiger charge is -2.30. The third-order valence-corrected chi connectivity index (χ3v) is 3.65. The molecule has 0 radical (unpaired) electrons. The Labute approximate surface area is 93.6 Å². The minimum Gasteiger partial charge on any atom is -0.328 e. The molecule has 3 atom stereocenters. The Kier molecular flexibility index (Phi) is 7.69. The van der Waals surface area contributed by atoms with Gasteiger partial charge in [-0.05, 0) is 32.6 Å². The smallest absolute Gasteiger partial charge is 0.0180 e. The van der Waals surface area contributed by atoms with Crippen LogP contribution >= 0.6 is 11.8 Å². The summed E-state index contributed by atoms with van der Waals surface area (Å²) >= 11 is 1.93. The predicted molar refractivity (Wildman–Crippen MR) is 67.9 cm³/mol. The zero-order chi connectivity index (χ0) is 11.1. The van der Waals surface area contributed by atoms with Crippen LogP contribution in [-0.2, 0) is 0 Å². The molecule has 14 heavy (non-hydrogen) atoms. The SMILES string of the molecule is CCC(CSC)N(C)CC(C)C(C)N. The van der Waals surface area contributed by atoms with Crippen LogP contribution in [0.2, 0.25) is 0 Å². The van der Waals surface area contributed by atoms with Gasteiger partial charge in [-0.2, -0.15) is 11.8 Å². The maximum atomic E-state index is 5.87. The molecule has 0 saturated heterocycles. The predicted octanol–water partition coefficient (Wildman–Crippen LogP) is 2.04. The van der Waals surface area contributed by atoms with Gasteiger partial charge in [0.15, 0.2) is 0 Å². The van der Waals surface area contributed by atoms with Crippen molar-refractivity contribution in [2.75, 3.05) is 25.6 Å². The van der Waals surface area contributed by atoms with Crippen LogP contribution in [0.15, 0.2) is 0 Å². The second-order valence-corrected chi connectivity index (χ2v) is 5.20. The summed E-state index contributed by atoms with van der Waals surface area (Å²) in [6.45, 7) is 7.69. The molecule has 3 heteroatoms. The van der Waals surface area contributed by atoms with Gasteiger partial charge in [-0.3, -0.25) is 0 Å². The average molecular weight is 218 g/mol. The largest absolute Gasteiger partial charge is 0.328 e. The molecular formula is C11H26N2S. The number of hydrogen-bond acceptors (Lipinski definition) is 3. The van der Waals surface area contributed by atoms with Gasteiger partial charge < -0.3 is 10.6 Å². The second kappa shape index (κ2) is 7.55. The minimum atomic E-state index is 0.296. The monoisotopic (exact) mass is 218 g/mol. The van der Waals surface area contributed by atoms with E-state index in [1.165, 1.54) is 12.2 Å². The van der Waals surface area contributed by atoms with Crippen molar-refractivity contribution in [3.05, 3.63) is 0 Å². The van der Waals surface area contributed by atoms with Crippen molar-refractivity contribution in [2.45, 2.75) is 39.3 Å². The summed E-state index contributed by atoms with van der Waals surface area (Å²) in [7, 11) is 2.21. The van der Waals surface area contributed by atoms with Gasteiger partial charge in [0.25, 0.3) is 0 Å². The first-order valence-electron chi connectivity index (χ1n) is 5.47. The maximum Gasteiger partial charge on any atom is 0.0180 e. The average Bonchev–Trinajstić information content (AvgIpc) is 2.13. The van der Waals surface area contributed by atoms with Crippen LogP contribution in [0.5, 0.6) is 0 Å². The first-order valence-corrected chi connectivity index (χ1v) is 6.87. The Bertz CT molecular complexity index is 139. The molecule has 2 nitrogen and oxygen atoms in total. The van der Waals surface area contributed by atoms with Crippen LogP contribution in [-0.4, -0.2) is 42.6 Å². The van der Waals surface area contributed by atoms with Crippen molar-refractivity contribution in [1.29, 1.82) is 0 Å². The molecule has 0 fully saturated rings. The molecule has 0 rings (SSSR count). The van der Waals surface area contributed by atoms with Crippen LogP contribution < -0.4 is 5.73 Å². The fourth-order valence-electron chi connectivity index (χ4n) is 1.52. The van der Waals surface area contributed by atoms with Crippen LogP contribution in [0.25, 0.3) is 0 Å². The van der Waals surface area contributed by atoms with Gasteiger partial charge in [-0.1, -0.05) is 13.8 Å².